The molecule has 0 aromatic heterocycles. The number of amides is 2. The van der Waals surface area contributed by atoms with Crippen LogP contribution in [-0.2, 0) is 9.53 Å². The van der Waals surface area contributed by atoms with Gasteiger partial charge in [-0.25, -0.2) is 9.59 Å². The molecule has 8 nitrogen and oxygen atoms in total. The van der Waals surface area contributed by atoms with Crippen molar-refractivity contribution in [2.45, 2.75) is 51.1 Å². The number of carbonyl (C=O) groups excluding carboxylic acids is 2. The number of rotatable bonds is 7. The zero-order valence-electron chi connectivity index (χ0n) is 19.8. The molecule has 2 N–H and O–H groups in total. The lowest BCUT2D eigenvalue weighted by Crippen LogP contribution is -2.53. The highest BCUT2D eigenvalue weighted by molar-refractivity contribution is 5.95. The molecule has 180 valence electrons. The number of piperazine rings is 1. The van der Waals surface area contributed by atoms with E-state index in [0.717, 1.165) is 37.5 Å². The van der Waals surface area contributed by atoms with Crippen molar-refractivity contribution in [2.24, 2.45) is 0 Å². The maximum atomic E-state index is 13.0. The minimum absolute atomic E-state index is 0.277. The lowest BCUT2D eigenvalue weighted by atomic mass is 9.93. The van der Waals surface area contributed by atoms with E-state index in [2.05, 4.69) is 20.4 Å². The summed E-state index contributed by atoms with van der Waals surface area (Å²) in [6.07, 6.45) is 6.66. The maximum absolute atomic E-state index is 13.0. The van der Waals surface area contributed by atoms with Crippen LogP contribution in [0.3, 0.4) is 0 Å². The largest absolute Gasteiger partial charge is 0.497 e. The first-order chi connectivity index (χ1) is 16.1. The summed E-state index contributed by atoms with van der Waals surface area (Å²) in [5, 5.41) is 5.80. The molecule has 1 atom stereocenters. The Bertz CT molecular complexity index is 856. The van der Waals surface area contributed by atoms with Crippen LogP contribution in [0.25, 0.3) is 0 Å². The van der Waals surface area contributed by atoms with Crippen molar-refractivity contribution in [3.8, 4) is 5.75 Å². The third-order valence-corrected chi connectivity index (χ3v) is 6.98. The Labute approximate surface area is 196 Å². The number of urea groups is 1. The molecule has 0 bridgehead atoms. The van der Waals surface area contributed by atoms with Gasteiger partial charge >= 0.3 is 12.0 Å². The number of nitrogens with one attached hydrogen (secondary N) is 2. The Morgan fingerprint density at radius 1 is 1.06 bits per heavy atom. The summed E-state index contributed by atoms with van der Waals surface area (Å²) in [7, 11) is 1.61. The van der Waals surface area contributed by atoms with Crippen molar-refractivity contribution in [3.63, 3.8) is 0 Å². The quantitative estimate of drug-likeness (QED) is 0.614. The molecule has 4 rings (SSSR count). The molecule has 2 heterocycles. The van der Waals surface area contributed by atoms with Crippen molar-refractivity contribution in [3.05, 3.63) is 41.1 Å². The van der Waals surface area contributed by atoms with Gasteiger partial charge in [0.2, 0.25) is 0 Å². The van der Waals surface area contributed by atoms with Gasteiger partial charge in [0, 0.05) is 44.5 Å². The highest BCUT2D eigenvalue weighted by Crippen LogP contribution is 2.30. The van der Waals surface area contributed by atoms with Crippen LogP contribution in [0.5, 0.6) is 5.75 Å². The van der Waals surface area contributed by atoms with Crippen molar-refractivity contribution in [2.75, 3.05) is 46.4 Å². The number of carbonyl (C=O) groups is 2. The number of nitrogens with zero attached hydrogens (tertiary/aromatic N) is 2. The molecule has 2 amide bonds. The van der Waals surface area contributed by atoms with Crippen LogP contribution in [0.2, 0.25) is 0 Å². The summed E-state index contributed by atoms with van der Waals surface area (Å²) in [5.74, 6) is 0.318. The van der Waals surface area contributed by atoms with Gasteiger partial charge in [0.1, 0.15) is 5.75 Å². The second kappa shape index (κ2) is 11.0. The molecule has 0 radical (unpaired) electrons. The fourth-order valence-corrected chi connectivity index (χ4v) is 5.20. The molecule has 33 heavy (non-hydrogen) atoms. The Kier molecular flexibility index (Phi) is 7.88. The van der Waals surface area contributed by atoms with Crippen LogP contribution in [0, 0.1) is 0 Å². The number of ether oxygens (including phenoxy) is 2. The average molecular weight is 457 g/mol. The smallest absolute Gasteiger partial charge is 0.338 e. The molecule has 0 unspecified atom stereocenters. The van der Waals surface area contributed by atoms with Gasteiger partial charge in [-0.15, -0.1) is 0 Å². The first-order valence-electron chi connectivity index (χ1n) is 12.2. The summed E-state index contributed by atoms with van der Waals surface area (Å²) < 4.78 is 10.6. The van der Waals surface area contributed by atoms with Gasteiger partial charge in [0.25, 0.3) is 0 Å². The van der Waals surface area contributed by atoms with E-state index in [-0.39, 0.29) is 12.6 Å². The Morgan fingerprint density at radius 2 is 1.76 bits per heavy atom. The van der Waals surface area contributed by atoms with E-state index in [1.807, 2.05) is 24.3 Å². The number of hydrogen-bond donors (Lipinski definition) is 2. The van der Waals surface area contributed by atoms with E-state index in [0.29, 0.717) is 23.9 Å². The molecule has 0 spiro atoms. The van der Waals surface area contributed by atoms with E-state index < -0.39 is 12.0 Å². The van der Waals surface area contributed by atoms with Crippen LogP contribution < -0.4 is 15.4 Å². The predicted molar refractivity (Wildman–Crippen MR) is 126 cm³/mol. The molecule has 1 aromatic carbocycles. The second-order valence-corrected chi connectivity index (χ2v) is 9.02. The maximum Gasteiger partial charge on any atom is 0.338 e. The third-order valence-electron chi connectivity index (χ3n) is 6.98. The highest BCUT2D eigenvalue weighted by Gasteiger charge is 2.35. The molecule has 2 fully saturated rings. The monoisotopic (exact) mass is 456 g/mol. The fraction of sp³-hybridized carbons (Fsp3) is 0.600. The molecule has 3 aliphatic rings. The van der Waals surface area contributed by atoms with Gasteiger partial charge in [0.05, 0.1) is 25.3 Å². The first kappa shape index (κ1) is 23.6. The van der Waals surface area contributed by atoms with E-state index in [1.165, 1.54) is 32.1 Å². The topological polar surface area (TPSA) is 83.1 Å². The molecular weight excluding hydrogens is 420 g/mol. The van der Waals surface area contributed by atoms with Crippen LogP contribution in [-0.4, -0.2) is 74.3 Å². The molecule has 1 saturated heterocycles. The SMILES string of the molecule is CCOC(=O)C1=C(CN2CCN(C3CCCCC3)CC2)NC(=O)N[C@@H]1c1ccc(OC)cc1. The molecular formula is C25H36N4O4. The summed E-state index contributed by atoms with van der Waals surface area (Å²) in [5.41, 5.74) is 1.91. The van der Waals surface area contributed by atoms with E-state index in [4.69, 9.17) is 9.47 Å². The number of methoxy groups -OCH3 is 1. The lowest BCUT2D eigenvalue weighted by molar-refractivity contribution is -0.139. The van der Waals surface area contributed by atoms with Crippen molar-refractivity contribution in [1.29, 1.82) is 0 Å². The zero-order valence-corrected chi connectivity index (χ0v) is 19.8. The van der Waals surface area contributed by atoms with Gasteiger partial charge in [0.15, 0.2) is 0 Å². The summed E-state index contributed by atoms with van der Waals surface area (Å²) in [6, 6.07) is 7.24. The van der Waals surface area contributed by atoms with Crippen LogP contribution in [0.4, 0.5) is 4.79 Å². The van der Waals surface area contributed by atoms with Crippen LogP contribution in [0.15, 0.2) is 35.5 Å². The summed E-state index contributed by atoms with van der Waals surface area (Å²) >= 11 is 0. The third kappa shape index (κ3) is 5.68. The van der Waals surface area contributed by atoms with Crippen molar-refractivity contribution < 1.29 is 19.1 Å². The predicted octanol–water partition coefficient (Wildman–Crippen LogP) is 2.82. The minimum Gasteiger partial charge on any atom is -0.497 e. The van der Waals surface area contributed by atoms with Crippen LogP contribution >= 0.6 is 0 Å². The van der Waals surface area contributed by atoms with Crippen molar-refractivity contribution in [1.82, 2.24) is 20.4 Å². The first-order valence-corrected chi connectivity index (χ1v) is 12.2. The summed E-state index contributed by atoms with van der Waals surface area (Å²) in [4.78, 5) is 30.5. The molecule has 8 heteroatoms. The highest BCUT2D eigenvalue weighted by atomic mass is 16.5. The molecule has 1 aromatic rings. The number of benzene rings is 1. The Morgan fingerprint density at radius 3 is 2.39 bits per heavy atom. The Balaban J connectivity index is 1.52. The fourth-order valence-electron chi connectivity index (χ4n) is 5.20. The van der Waals surface area contributed by atoms with Crippen molar-refractivity contribution >= 4 is 12.0 Å². The zero-order chi connectivity index (χ0) is 23.2. The average Bonchev–Trinajstić information content (AvgIpc) is 2.85. The van der Waals surface area contributed by atoms with Gasteiger partial charge < -0.3 is 20.1 Å². The molecule has 1 saturated carbocycles. The van der Waals surface area contributed by atoms with E-state index in [1.54, 1.807) is 14.0 Å². The minimum atomic E-state index is -0.567. The number of hydrogen-bond acceptors (Lipinski definition) is 6. The summed E-state index contributed by atoms with van der Waals surface area (Å²) in [6.45, 7) is 6.49. The van der Waals surface area contributed by atoms with Gasteiger partial charge in [-0.05, 0) is 37.5 Å². The van der Waals surface area contributed by atoms with Crippen LogP contribution in [0.1, 0.15) is 50.6 Å². The Hall–Kier alpha value is -2.58. The van der Waals surface area contributed by atoms with Gasteiger partial charge in [-0.3, -0.25) is 9.80 Å². The van der Waals surface area contributed by atoms with E-state index >= 15 is 0 Å². The standard InChI is InChI=1S/C25H36N4O4/c1-3-33-24(30)22-21(17-28-13-15-29(16-14-28)19-7-5-4-6-8-19)26-25(31)27-23(22)18-9-11-20(32-2)12-10-18/h9-12,19,23H,3-8,13-17H2,1-2H3,(H2,26,27,31)/t23-/m1/s1. The second-order valence-electron chi connectivity index (χ2n) is 9.02. The normalized spacial score (nSPS) is 23.1. The molecule has 2 aliphatic heterocycles. The van der Waals surface area contributed by atoms with Gasteiger partial charge in [-0.1, -0.05) is 31.4 Å². The molecule has 1 aliphatic carbocycles. The lowest BCUT2D eigenvalue weighted by Gasteiger charge is -2.41. The van der Waals surface area contributed by atoms with E-state index in [9.17, 15) is 9.59 Å². The number of esters is 1. The van der Waals surface area contributed by atoms with Gasteiger partial charge in [-0.2, -0.15) is 0 Å².